The summed E-state index contributed by atoms with van der Waals surface area (Å²) in [5.41, 5.74) is -2.37. The molecular weight excluding hydrogens is 275 g/mol. The normalized spacial score (nSPS) is 22.9. The summed E-state index contributed by atoms with van der Waals surface area (Å²) in [6, 6.07) is -0.0428. The van der Waals surface area contributed by atoms with Crippen molar-refractivity contribution in [2.24, 2.45) is 5.41 Å². The van der Waals surface area contributed by atoms with Crippen molar-refractivity contribution in [1.82, 2.24) is 16.0 Å². The van der Waals surface area contributed by atoms with E-state index in [1.54, 1.807) is 13.8 Å². The number of carbonyl (C=O) groups is 2. The third-order valence-electron chi connectivity index (χ3n) is 3.22. The molecule has 8 heteroatoms. The molecule has 0 radical (unpaired) electrons. The molecule has 0 bridgehead atoms. The highest BCUT2D eigenvalue weighted by molar-refractivity contribution is 5.85. The number of nitrogens with one attached hydrogen (secondary N) is 3. The van der Waals surface area contributed by atoms with Gasteiger partial charge in [0.05, 0.1) is 0 Å². The van der Waals surface area contributed by atoms with Crippen LogP contribution in [0.15, 0.2) is 0 Å². The zero-order valence-corrected chi connectivity index (χ0v) is 11.6. The Labute approximate surface area is 115 Å². The molecule has 1 fully saturated rings. The van der Waals surface area contributed by atoms with E-state index >= 15 is 0 Å². The maximum atomic E-state index is 13.0. The number of hydrogen-bond donors (Lipinski definition) is 3. The van der Waals surface area contributed by atoms with E-state index in [1.807, 2.05) is 0 Å². The Kier molecular flexibility index (Phi) is 5.38. The van der Waals surface area contributed by atoms with Crippen molar-refractivity contribution in [2.45, 2.75) is 38.9 Å². The average Bonchev–Trinajstić information content (AvgIpc) is 2.76. The molecule has 0 aliphatic carbocycles. The minimum absolute atomic E-state index is 0.0364. The van der Waals surface area contributed by atoms with Crippen LogP contribution < -0.4 is 16.0 Å². The van der Waals surface area contributed by atoms with E-state index in [0.717, 1.165) is 0 Å². The van der Waals surface area contributed by atoms with Gasteiger partial charge in [0.2, 0.25) is 11.8 Å². The fraction of sp³-hybridized carbons (Fsp3) is 0.833. The Morgan fingerprint density at radius 2 is 2.00 bits per heavy atom. The lowest BCUT2D eigenvalue weighted by Crippen LogP contribution is -2.52. The Morgan fingerprint density at radius 1 is 1.35 bits per heavy atom. The van der Waals surface area contributed by atoms with E-state index in [-0.39, 0.29) is 37.9 Å². The lowest BCUT2D eigenvalue weighted by atomic mass is 9.85. The van der Waals surface area contributed by atoms with Crippen LogP contribution in [0.2, 0.25) is 0 Å². The highest BCUT2D eigenvalue weighted by Crippen LogP contribution is 2.43. The SMILES string of the molecule is CC(C)NC(=O)CCNC(=O)C1(C(F)(F)F)CCNC1. The fourth-order valence-corrected chi connectivity index (χ4v) is 2.11. The first kappa shape index (κ1) is 16.7. The van der Waals surface area contributed by atoms with Crippen LogP contribution >= 0.6 is 0 Å². The van der Waals surface area contributed by atoms with Gasteiger partial charge in [0.25, 0.3) is 0 Å². The van der Waals surface area contributed by atoms with Crippen molar-refractivity contribution < 1.29 is 22.8 Å². The topological polar surface area (TPSA) is 70.2 Å². The van der Waals surface area contributed by atoms with Gasteiger partial charge in [-0.15, -0.1) is 0 Å². The number of amides is 2. The first-order valence-corrected chi connectivity index (χ1v) is 6.54. The second kappa shape index (κ2) is 6.43. The molecule has 3 N–H and O–H groups in total. The van der Waals surface area contributed by atoms with Gasteiger partial charge in [-0.05, 0) is 26.8 Å². The minimum atomic E-state index is -4.60. The molecule has 0 aromatic carbocycles. The molecule has 1 heterocycles. The summed E-state index contributed by atoms with van der Waals surface area (Å²) in [6.07, 6.45) is -4.91. The molecule has 0 spiro atoms. The maximum absolute atomic E-state index is 13.0. The maximum Gasteiger partial charge on any atom is 0.404 e. The van der Waals surface area contributed by atoms with Crippen LogP contribution in [-0.4, -0.2) is 43.7 Å². The lowest BCUT2D eigenvalue weighted by molar-refractivity contribution is -0.215. The van der Waals surface area contributed by atoms with Crippen LogP contribution in [-0.2, 0) is 9.59 Å². The summed E-state index contributed by atoms with van der Waals surface area (Å²) in [5.74, 6) is -1.36. The molecule has 1 saturated heterocycles. The zero-order valence-electron chi connectivity index (χ0n) is 11.6. The Hall–Kier alpha value is -1.31. The summed E-state index contributed by atoms with van der Waals surface area (Å²) < 4.78 is 39.1. The molecule has 1 aliphatic rings. The second-order valence-electron chi connectivity index (χ2n) is 5.23. The number of alkyl halides is 3. The standard InChI is InChI=1S/C12H20F3N3O2/c1-8(2)18-9(19)3-5-17-10(20)11(12(13,14)15)4-6-16-7-11/h8,16H,3-7H2,1-2H3,(H,17,20)(H,18,19). The van der Waals surface area contributed by atoms with Gasteiger partial charge in [0, 0.05) is 25.6 Å². The third kappa shape index (κ3) is 3.84. The summed E-state index contributed by atoms with van der Waals surface area (Å²) >= 11 is 0. The van der Waals surface area contributed by atoms with Gasteiger partial charge in [-0.1, -0.05) is 0 Å². The van der Waals surface area contributed by atoms with E-state index in [2.05, 4.69) is 16.0 Å². The molecule has 0 saturated carbocycles. The Morgan fingerprint density at radius 3 is 2.45 bits per heavy atom. The molecule has 116 valence electrons. The quantitative estimate of drug-likeness (QED) is 0.694. The lowest BCUT2D eigenvalue weighted by Gasteiger charge is -2.29. The van der Waals surface area contributed by atoms with E-state index in [9.17, 15) is 22.8 Å². The monoisotopic (exact) mass is 295 g/mol. The Balaban J connectivity index is 2.51. The second-order valence-corrected chi connectivity index (χ2v) is 5.23. The van der Waals surface area contributed by atoms with Crippen molar-refractivity contribution in [3.63, 3.8) is 0 Å². The Bertz CT molecular complexity index is 363. The first-order chi connectivity index (χ1) is 9.19. The zero-order chi connectivity index (χ0) is 15.4. The molecule has 5 nitrogen and oxygen atoms in total. The predicted octanol–water partition coefficient (Wildman–Crippen LogP) is 0.559. The van der Waals surface area contributed by atoms with Crippen LogP contribution in [0, 0.1) is 5.41 Å². The first-order valence-electron chi connectivity index (χ1n) is 6.54. The van der Waals surface area contributed by atoms with Crippen LogP contribution in [0.4, 0.5) is 13.2 Å². The van der Waals surface area contributed by atoms with E-state index < -0.39 is 24.0 Å². The molecule has 2 amide bonds. The molecule has 1 aliphatic heterocycles. The van der Waals surface area contributed by atoms with Crippen molar-refractivity contribution in [2.75, 3.05) is 19.6 Å². The van der Waals surface area contributed by atoms with E-state index in [0.29, 0.717) is 0 Å². The fourth-order valence-electron chi connectivity index (χ4n) is 2.11. The molecule has 1 rings (SSSR count). The van der Waals surface area contributed by atoms with E-state index in [1.165, 1.54) is 0 Å². The smallest absolute Gasteiger partial charge is 0.355 e. The predicted molar refractivity (Wildman–Crippen MR) is 66.9 cm³/mol. The summed E-state index contributed by atoms with van der Waals surface area (Å²) in [5, 5.41) is 7.38. The van der Waals surface area contributed by atoms with Crippen molar-refractivity contribution >= 4 is 11.8 Å². The van der Waals surface area contributed by atoms with Gasteiger partial charge in [-0.3, -0.25) is 9.59 Å². The van der Waals surface area contributed by atoms with Crippen LogP contribution in [0.25, 0.3) is 0 Å². The largest absolute Gasteiger partial charge is 0.404 e. The van der Waals surface area contributed by atoms with Crippen LogP contribution in [0.5, 0.6) is 0 Å². The minimum Gasteiger partial charge on any atom is -0.355 e. The summed E-state index contributed by atoms with van der Waals surface area (Å²) in [4.78, 5) is 23.2. The number of hydrogen-bond acceptors (Lipinski definition) is 3. The molecule has 0 aromatic heterocycles. The van der Waals surface area contributed by atoms with Crippen LogP contribution in [0.3, 0.4) is 0 Å². The number of halogens is 3. The summed E-state index contributed by atoms with van der Waals surface area (Å²) in [6.45, 7) is 3.19. The van der Waals surface area contributed by atoms with Gasteiger partial charge < -0.3 is 16.0 Å². The molecule has 1 unspecified atom stereocenters. The highest BCUT2D eigenvalue weighted by atomic mass is 19.4. The van der Waals surface area contributed by atoms with Gasteiger partial charge in [0.1, 0.15) is 0 Å². The van der Waals surface area contributed by atoms with Crippen molar-refractivity contribution in [3.05, 3.63) is 0 Å². The molecule has 0 aromatic rings. The third-order valence-corrected chi connectivity index (χ3v) is 3.22. The van der Waals surface area contributed by atoms with Gasteiger partial charge in [0.15, 0.2) is 5.41 Å². The van der Waals surface area contributed by atoms with Crippen molar-refractivity contribution in [3.8, 4) is 0 Å². The van der Waals surface area contributed by atoms with Gasteiger partial charge in [-0.2, -0.15) is 13.2 Å². The van der Waals surface area contributed by atoms with Gasteiger partial charge >= 0.3 is 6.18 Å². The van der Waals surface area contributed by atoms with Crippen molar-refractivity contribution in [1.29, 1.82) is 0 Å². The van der Waals surface area contributed by atoms with Gasteiger partial charge in [-0.25, -0.2) is 0 Å². The van der Waals surface area contributed by atoms with E-state index in [4.69, 9.17) is 0 Å². The molecule has 20 heavy (non-hydrogen) atoms. The van der Waals surface area contributed by atoms with Crippen LogP contribution in [0.1, 0.15) is 26.7 Å². The molecular formula is C12H20F3N3O2. The highest BCUT2D eigenvalue weighted by Gasteiger charge is 2.61. The average molecular weight is 295 g/mol. The molecule has 1 atom stereocenters. The summed E-state index contributed by atoms with van der Waals surface area (Å²) in [7, 11) is 0. The number of rotatable bonds is 5. The number of carbonyl (C=O) groups excluding carboxylic acids is 2.